The number of carbonyl (C=O) groups is 1. The Morgan fingerprint density at radius 2 is 1.89 bits per heavy atom. The number of nitrogens with two attached hydrogens (primary N) is 1. The summed E-state index contributed by atoms with van der Waals surface area (Å²) >= 11 is 0. The minimum Gasteiger partial charge on any atom is -0.438 e. The monoisotopic (exact) mass is 265 g/mol. The van der Waals surface area contributed by atoms with Crippen molar-refractivity contribution in [1.29, 1.82) is 0 Å². The minimum atomic E-state index is -0.305. The largest absolute Gasteiger partial charge is 0.438 e. The molecule has 1 aromatic rings. The van der Waals surface area contributed by atoms with Crippen LogP contribution in [-0.2, 0) is 0 Å². The maximum Gasteiger partial charge on any atom is 0.310 e. The maximum atomic E-state index is 12.7. The van der Waals surface area contributed by atoms with Gasteiger partial charge >= 0.3 is 5.91 Å². The van der Waals surface area contributed by atoms with Crippen molar-refractivity contribution in [3.63, 3.8) is 0 Å². The van der Waals surface area contributed by atoms with Gasteiger partial charge in [-0.2, -0.15) is 0 Å². The van der Waals surface area contributed by atoms with Crippen LogP contribution in [0.3, 0.4) is 0 Å². The number of aromatic nitrogens is 1. The standard InChI is InChI=1S/C14H23N3O2/c1-9-8-16-11(19-9)12(18)17-13(2,3)6-10(15)7-14(17,4)5/h8,10H,6-7,15H2,1-5H3. The van der Waals surface area contributed by atoms with Crippen LogP contribution in [0.5, 0.6) is 0 Å². The lowest BCUT2D eigenvalue weighted by molar-refractivity contribution is -0.0200. The van der Waals surface area contributed by atoms with E-state index in [0.717, 1.165) is 12.8 Å². The average Bonchev–Trinajstić information content (AvgIpc) is 2.59. The van der Waals surface area contributed by atoms with Gasteiger partial charge in [0, 0.05) is 17.1 Å². The van der Waals surface area contributed by atoms with Gasteiger partial charge in [0.2, 0.25) is 0 Å². The molecule has 106 valence electrons. The highest BCUT2D eigenvalue weighted by Crippen LogP contribution is 2.38. The fraction of sp³-hybridized carbons (Fsp3) is 0.714. The van der Waals surface area contributed by atoms with E-state index in [1.807, 2.05) is 32.6 Å². The fourth-order valence-corrected chi connectivity index (χ4v) is 3.46. The minimum absolute atomic E-state index is 0.111. The number of hydrogen-bond acceptors (Lipinski definition) is 4. The van der Waals surface area contributed by atoms with Crippen LogP contribution in [0.25, 0.3) is 0 Å². The number of nitrogens with zero attached hydrogens (tertiary/aromatic N) is 2. The number of oxazole rings is 1. The second-order valence-electron chi connectivity index (χ2n) is 6.71. The molecular formula is C14H23N3O2. The third-order valence-electron chi connectivity index (χ3n) is 3.74. The zero-order valence-electron chi connectivity index (χ0n) is 12.4. The highest BCUT2D eigenvalue weighted by atomic mass is 16.4. The fourth-order valence-electron chi connectivity index (χ4n) is 3.46. The summed E-state index contributed by atoms with van der Waals surface area (Å²) in [6.45, 7) is 9.96. The van der Waals surface area contributed by atoms with Crippen LogP contribution in [0, 0.1) is 6.92 Å². The number of carbonyl (C=O) groups excluding carboxylic acids is 1. The SMILES string of the molecule is Cc1cnc(C(=O)N2C(C)(C)CC(N)CC2(C)C)o1. The van der Waals surface area contributed by atoms with E-state index in [1.165, 1.54) is 0 Å². The summed E-state index contributed by atoms with van der Waals surface area (Å²) < 4.78 is 5.38. The number of piperidine rings is 1. The molecule has 1 aliphatic heterocycles. The zero-order valence-corrected chi connectivity index (χ0v) is 12.4. The number of rotatable bonds is 1. The smallest absolute Gasteiger partial charge is 0.310 e. The summed E-state index contributed by atoms with van der Waals surface area (Å²) in [5.41, 5.74) is 5.50. The lowest BCUT2D eigenvalue weighted by Gasteiger charge is -2.54. The van der Waals surface area contributed by atoms with E-state index in [4.69, 9.17) is 10.2 Å². The van der Waals surface area contributed by atoms with Crippen molar-refractivity contribution >= 4 is 5.91 Å². The first kappa shape index (κ1) is 14.1. The molecule has 1 saturated heterocycles. The van der Waals surface area contributed by atoms with Gasteiger partial charge in [0.15, 0.2) is 0 Å². The Hall–Kier alpha value is -1.36. The second-order valence-corrected chi connectivity index (χ2v) is 6.71. The Labute approximate surface area is 114 Å². The summed E-state index contributed by atoms with van der Waals surface area (Å²) in [6.07, 6.45) is 3.13. The van der Waals surface area contributed by atoms with Crippen molar-refractivity contribution < 1.29 is 9.21 Å². The Morgan fingerprint density at radius 3 is 2.32 bits per heavy atom. The predicted octanol–water partition coefficient (Wildman–Crippen LogP) is 2.10. The second kappa shape index (κ2) is 4.34. The summed E-state index contributed by atoms with van der Waals surface area (Å²) in [5, 5.41) is 0. The van der Waals surface area contributed by atoms with Crippen molar-refractivity contribution in [3.8, 4) is 0 Å². The molecule has 0 unspecified atom stereocenters. The molecule has 5 nitrogen and oxygen atoms in total. The molecule has 0 aliphatic carbocycles. The summed E-state index contributed by atoms with van der Waals surface area (Å²) in [6, 6.07) is 0.111. The maximum absolute atomic E-state index is 12.7. The molecule has 0 aromatic carbocycles. The number of hydrogen-bond donors (Lipinski definition) is 1. The molecule has 1 aromatic heterocycles. The summed E-state index contributed by atoms with van der Waals surface area (Å²) in [4.78, 5) is 18.6. The quantitative estimate of drug-likeness (QED) is 0.844. The van der Waals surface area contributed by atoms with Gasteiger partial charge in [-0.3, -0.25) is 4.79 Å². The first-order valence-electron chi connectivity index (χ1n) is 6.66. The molecule has 1 fully saturated rings. The van der Waals surface area contributed by atoms with E-state index >= 15 is 0 Å². The highest BCUT2D eigenvalue weighted by Gasteiger charge is 2.48. The Bertz CT molecular complexity index is 473. The van der Waals surface area contributed by atoms with Gasteiger partial charge in [-0.05, 0) is 47.5 Å². The van der Waals surface area contributed by atoms with E-state index in [1.54, 1.807) is 13.1 Å². The van der Waals surface area contributed by atoms with E-state index in [0.29, 0.717) is 5.76 Å². The molecule has 0 radical (unpaired) electrons. The van der Waals surface area contributed by atoms with Crippen LogP contribution < -0.4 is 5.73 Å². The third kappa shape index (κ3) is 2.52. The summed E-state index contributed by atoms with van der Waals surface area (Å²) in [5.74, 6) is 0.650. The molecule has 0 bridgehead atoms. The number of amides is 1. The molecule has 1 aliphatic rings. The normalized spacial score (nSPS) is 22.5. The van der Waals surface area contributed by atoms with E-state index < -0.39 is 0 Å². The van der Waals surface area contributed by atoms with Crippen LogP contribution in [0.2, 0.25) is 0 Å². The van der Waals surface area contributed by atoms with Crippen LogP contribution in [-0.4, -0.2) is 32.9 Å². The van der Waals surface area contributed by atoms with Gasteiger partial charge in [0.25, 0.3) is 5.89 Å². The van der Waals surface area contributed by atoms with E-state index in [9.17, 15) is 4.79 Å². The number of likely N-dealkylation sites (tertiary alicyclic amines) is 1. The van der Waals surface area contributed by atoms with E-state index in [2.05, 4.69) is 4.98 Å². The van der Waals surface area contributed by atoms with Crippen molar-refractivity contribution in [2.24, 2.45) is 5.73 Å². The van der Waals surface area contributed by atoms with Crippen LogP contribution >= 0.6 is 0 Å². The van der Waals surface area contributed by atoms with Crippen LogP contribution in [0.4, 0.5) is 0 Å². The molecule has 19 heavy (non-hydrogen) atoms. The molecule has 2 heterocycles. The first-order valence-corrected chi connectivity index (χ1v) is 6.66. The molecule has 0 spiro atoms. The van der Waals surface area contributed by atoms with Gasteiger partial charge < -0.3 is 15.1 Å². The average molecular weight is 265 g/mol. The van der Waals surface area contributed by atoms with Gasteiger partial charge in [-0.15, -0.1) is 0 Å². The molecule has 2 N–H and O–H groups in total. The van der Waals surface area contributed by atoms with Crippen molar-refractivity contribution in [2.45, 2.75) is 64.6 Å². The van der Waals surface area contributed by atoms with Crippen molar-refractivity contribution in [1.82, 2.24) is 9.88 Å². The molecule has 2 rings (SSSR count). The lowest BCUT2D eigenvalue weighted by Crippen LogP contribution is -2.65. The Kier molecular flexibility index (Phi) is 3.21. The van der Waals surface area contributed by atoms with Gasteiger partial charge in [-0.25, -0.2) is 4.98 Å². The predicted molar refractivity (Wildman–Crippen MR) is 72.8 cm³/mol. The van der Waals surface area contributed by atoms with Crippen LogP contribution in [0.15, 0.2) is 10.6 Å². The van der Waals surface area contributed by atoms with Crippen molar-refractivity contribution in [2.75, 3.05) is 0 Å². The lowest BCUT2D eigenvalue weighted by atomic mass is 9.77. The van der Waals surface area contributed by atoms with Crippen LogP contribution in [0.1, 0.15) is 57.0 Å². The number of aryl methyl sites for hydroxylation is 1. The molecular weight excluding hydrogens is 242 g/mol. The first-order chi connectivity index (χ1) is 8.63. The Balaban J connectivity index is 2.37. The van der Waals surface area contributed by atoms with Gasteiger partial charge in [0.1, 0.15) is 5.76 Å². The van der Waals surface area contributed by atoms with Gasteiger partial charge in [0.05, 0.1) is 6.20 Å². The zero-order chi connectivity index (χ0) is 14.4. The third-order valence-corrected chi connectivity index (χ3v) is 3.74. The van der Waals surface area contributed by atoms with E-state index in [-0.39, 0.29) is 28.9 Å². The Morgan fingerprint density at radius 1 is 1.37 bits per heavy atom. The molecule has 5 heteroatoms. The topological polar surface area (TPSA) is 72.4 Å². The highest BCUT2D eigenvalue weighted by molar-refractivity contribution is 5.91. The molecule has 1 amide bonds. The van der Waals surface area contributed by atoms with Crippen molar-refractivity contribution in [3.05, 3.63) is 17.8 Å². The van der Waals surface area contributed by atoms with Gasteiger partial charge in [-0.1, -0.05) is 0 Å². The molecule has 0 atom stereocenters. The summed E-state index contributed by atoms with van der Waals surface area (Å²) in [7, 11) is 0. The molecule has 0 saturated carbocycles.